The maximum atomic E-state index is 11.7. The molecule has 1 aromatic rings. The molecule has 0 aromatic heterocycles. The van der Waals surface area contributed by atoms with Crippen LogP contribution in [0.1, 0.15) is 48.2 Å². The van der Waals surface area contributed by atoms with Gasteiger partial charge in [0.1, 0.15) is 5.75 Å². The average Bonchev–Trinajstić information content (AvgIpc) is 2.35. The number of carbonyl (C=O) groups excluding carboxylic acids is 1. The number of benzene rings is 1. The van der Waals surface area contributed by atoms with Crippen molar-refractivity contribution in [2.75, 3.05) is 13.7 Å². The minimum atomic E-state index is -0.0238. The maximum absolute atomic E-state index is 11.7. The fraction of sp³-hybridized carbons (Fsp3) is 0.500. The Morgan fingerprint density at radius 2 is 2.06 bits per heavy atom. The van der Waals surface area contributed by atoms with E-state index in [-0.39, 0.29) is 12.3 Å². The molecular weight excluding hydrogens is 214 g/mol. The number of ether oxygens (including phenoxy) is 1. The normalized spacial score (nSPS) is 10.7. The van der Waals surface area contributed by atoms with Crippen molar-refractivity contribution in [2.24, 2.45) is 5.73 Å². The summed E-state index contributed by atoms with van der Waals surface area (Å²) in [5.41, 5.74) is 8.24. The Morgan fingerprint density at radius 1 is 1.41 bits per heavy atom. The Morgan fingerprint density at radius 3 is 2.47 bits per heavy atom. The largest absolute Gasteiger partial charge is 0.496 e. The number of hydrogen-bond donors (Lipinski definition) is 1. The molecule has 0 saturated carbocycles. The molecular formula is C14H21NO2. The third kappa shape index (κ3) is 2.86. The van der Waals surface area contributed by atoms with Crippen molar-refractivity contribution in [3.63, 3.8) is 0 Å². The summed E-state index contributed by atoms with van der Waals surface area (Å²) in [4.78, 5) is 11.7. The number of hydrogen-bond acceptors (Lipinski definition) is 3. The van der Waals surface area contributed by atoms with Gasteiger partial charge in [-0.25, -0.2) is 0 Å². The molecule has 0 spiro atoms. The fourth-order valence-corrected chi connectivity index (χ4v) is 1.93. The molecule has 0 unspecified atom stereocenters. The second-order valence-electron chi connectivity index (χ2n) is 4.39. The van der Waals surface area contributed by atoms with Crippen molar-refractivity contribution in [3.05, 3.63) is 28.8 Å². The summed E-state index contributed by atoms with van der Waals surface area (Å²) in [6.45, 7) is 6.29. The standard InChI is InChI=1S/C14H21NO2/c1-5-10-6-11(13(16)8-15)7-12(9(2)3)14(10)17-4/h6-7,9H,5,8,15H2,1-4H3. The van der Waals surface area contributed by atoms with Crippen molar-refractivity contribution in [3.8, 4) is 5.75 Å². The number of rotatable bonds is 5. The van der Waals surface area contributed by atoms with E-state index in [1.807, 2.05) is 12.1 Å². The van der Waals surface area contributed by atoms with Crippen LogP contribution in [-0.4, -0.2) is 19.4 Å². The van der Waals surface area contributed by atoms with E-state index in [9.17, 15) is 4.79 Å². The lowest BCUT2D eigenvalue weighted by Gasteiger charge is -2.17. The number of aryl methyl sites for hydroxylation is 1. The van der Waals surface area contributed by atoms with Gasteiger partial charge in [-0.15, -0.1) is 0 Å². The van der Waals surface area contributed by atoms with Crippen LogP contribution in [-0.2, 0) is 6.42 Å². The molecule has 0 fully saturated rings. The molecule has 0 radical (unpaired) electrons. The molecule has 0 aliphatic rings. The van der Waals surface area contributed by atoms with Gasteiger partial charge in [-0.05, 0) is 35.6 Å². The van der Waals surface area contributed by atoms with Crippen LogP contribution < -0.4 is 10.5 Å². The van der Waals surface area contributed by atoms with Gasteiger partial charge in [0, 0.05) is 5.56 Å². The number of nitrogens with two attached hydrogens (primary N) is 1. The quantitative estimate of drug-likeness (QED) is 0.798. The molecule has 0 aliphatic carbocycles. The van der Waals surface area contributed by atoms with E-state index in [4.69, 9.17) is 10.5 Å². The molecule has 0 amide bonds. The molecule has 1 aromatic carbocycles. The van der Waals surface area contributed by atoms with Crippen LogP contribution >= 0.6 is 0 Å². The van der Waals surface area contributed by atoms with E-state index in [1.54, 1.807) is 7.11 Å². The number of carbonyl (C=O) groups is 1. The SMILES string of the molecule is CCc1cc(C(=O)CN)cc(C(C)C)c1OC. The average molecular weight is 235 g/mol. The van der Waals surface area contributed by atoms with E-state index in [0.717, 1.165) is 23.3 Å². The van der Waals surface area contributed by atoms with Crippen LogP contribution in [0.3, 0.4) is 0 Å². The lowest BCUT2D eigenvalue weighted by atomic mass is 9.93. The highest BCUT2D eigenvalue weighted by Gasteiger charge is 2.15. The van der Waals surface area contributed by atoms with E-state index in [0.29, 0.717) is 11.5 Å². The third-order valence-corrected chi connectivity index (χ3v) is 2.91. The van der Waals surface area contributed by atoms with Gasteiger partial charge in [-0.3, -0.25) is 4.79 Å². The summed E-state index contributed by atoms with van der Waals surface area (Å²) < 4.78 is 5.45. The number of ketones is 1. The number of Topliss-reactive ketones (excluding diaryl/α,β-unsaturated/α-hetero) is 1. The van der Waals surface area contributed by atoms with Crippen molar-refractivity contribution in [1.82, 2.24) is 0 Å². The highest BCUT2D eigenvalue weighted by molar-refractivity contribution is 5.98. The fourth-order valence-electron chi connectivity index (χ4n) is 1.93. The molecule has 17 heavy (non-hydrogen) atoms. The van der Waals surface area contributed by atoms with Crippen LogP contribution in [0.4, 0.5) is 0 Å². The molecule has 0 bridgehead atoms. The lowest BCUT2D eigenvalue weighted by molar-refractivity contribution is 0.100. The second-order valence-corrected chi connectivity index (χ2v) is 4.39. The van der Waals surface area contributed by atoms with Crippen molar-refractivity contribution in [1.29, 1.82) is 0 Å². The minimum absolute atomic E-state index is 0.0238. The molecule has 3 heteroatoms. The molecule has 3 nitrogen and oxygen atoms in total. The first-order valence-electron chi connectivity index (χ1n) is 5.99. The maximum Gasteiger partial charge on any atom is 0.176 e. The van der Waals surface area contributed by atoms with E-state index >= 15 is 0 Å². The summed E-state index contributed by atoms with van der Waals surface area (Å²) in [7, 11) is 1.67. The first-order chi connectivity index (χ1) is 8.04. The lowest BCUT2D eigenvalue weighted by Crippen LogP contribution is -2.15. The predicted octanol–water partition coefficient (Wildman–Crippen LogP) is 2.52. The summed E-state index contributed by atoms with van der Waals surface area (Å²) in [5, 5.41) is 0. The van der Waals surface area contributed by atoms with Gasteiger partial charge >= 0.3 is 0 Å². The van der Waals surface area contributed by atoms with Crippen LogP contribution in [0.25, 0.3) is 0 Å². The first-order valence-corrected chi connectivity index (χ1v) is 5.99. The van der Waals surface area contributed by atoms with Crippen LogP contribution in [0.2, 0.25) is 0 Å². The van der Waals surface area contributed by atoms with Gasteiger partial charge in [0.15, 0.2) is 5.78 Å². The van der Waals surface area contributed by atoms with E-state index in [1.165, 1.54) is 0 Å². The van der Waals surface area contributed by atoms with Crippen LogP contribution in [0, 0.1) is 0 Å². The Balaban J connectivity index is 3.40. The monoisotopic (exact) mass is 235 g/mol. The molecule has 1 rings (SSSR count). The molecule has 94 valence electrons. The Bertz CT molecular complexity index is 411. The highest BCUT2D eigenvalue weighted by Crippen LogP contribution is 2.32. The van der Waals surface area contributed by atoms with Crippen molar-refractivity contribution >= 4 is 5.78 Å². The Kier molecular flexibility index (Phi) is 4.70. The third-order valence-electron chi connectivity index (χ3n) is 2.91. The smallest absolute Gasteiger partial charge is 0.176 e. The van der Waals surface area contributed by atoms with Gasteiger partial charge in [0.2, 0.25) is 0 Å². The molecule has 0 aliphatic heterocycles. The summed E-state index contributed by atoms with van der Waals surface area (Å²) in [6.07, 6.45) is 0.842. The van der Waals surface area contributed by atoms with Crippen LogP contribution in [0.15, 0.2) is 12.1 Å². The molecule has 0 heterocycles. The van der Waals surface area contributed by atoms with Crippen molar-refractivity contribution < 1.29 is 9.53 Å². The van der Waals surface area contributed by atoms with Crippen molar-refractivity contribution in [2.45, 2.75) is 33.1 Å². The van der Waals surface area contributed by atoms with Crippen LogP contribution in [0.5, 0.6) is 5.75 Å². The molecule has 0 atom stereocenters. The topological polar surface area (TPSA) is 52.3 Å². The zero-order valence-electron chi connectivity index (χ0n) is 11.0. The molecule has 0 saturated heterocycles. The van der Waals surface area contributed by atoms with Gasteiger partial charge in [-0.1, -0.05) is 20.8 Å². The zero-order valence-corrected chi connectivity index (χ0v) is 11.0. The number of methoxy groups -OCH3 is 1. The Hall–Kier alpha value is -1.35. The minimum Gasteiger partial charge on any atom is -0.496 e. The summed E-state index contributed by atoms with van der Waals surface area (Å²) in [6, 6.07) is 3.79. The summed E-state index contributed by atoms with van der Waals surface area (Å²) >= 11 is 0. The first kappa shape index (κ1) is 13.7. The van der Waals surface area contributed by atoms with E-state index < -0.39 is 0 Å². The second kappa shape index (κ2) is 5.82. The highest BCUT2D eigenvalue weighted by atomic mass is 16.5. The van der Waals surface area contributed by atoms with E-state index in [2.05, 4.69) is 20.8 Å². The predicted molar refractivity (Wildman–Crippen MR) is 69.8 cm³/mol. The van der Waals surface area contributed by atoms with Gasteiger partial charge in [-0.2, -0.15) is 0 Å². The van der Waals surface area contributed by atoms with Gasteiger partial charge < -0.3 is 10.5 Å². The molecule has 2 N–H and O–H groups in total. The summed E-state index contributed by atoms with van der Waals surface area (Å²) in [5.74, 6) is 1.20. The van der Waals surface area contributed by atoms with Gasteiger partial charge in [0.25, 0.3) is 0 Å². The van der Waals surface area contributed by atoms with Gasteiger partial charge in [0.05, 0.1) is 13.7 Å². The zero-order chi connectivity index (χ0) is 13.0. The Labute approximate surface area is 103 Å².